The van der Waals surface area contributed by atoms with E-state index in [9.17, 15) is 4.79 Å². The molecule has 5 aliphatic rings. The monoisotopic (exact) mass is 340 g/mol. The summed E-state index contributed by atoms with van der Waals surface area (Å²) in [6.07, 6.45) is 15.0. The van der Waals surface area contributed by atoms with Crippen molar-refractivity contribution in [2.75, 3.05) is 6.61 Å². The Labute approximate surface area is 152 Å². The molecule has 1 spiro atoms. The molecule has 0 aromatic heterocycles. The lowest BCUT2D eigenvalue weighted by molar-refractivity contribution is -0.157. The highest BCUT2D eigenvalue weighted by molar-refractivity contribution is 5.90. The van der Waals surface area contributed by atoms with Gasteiger partial charge in [0, 0.05) is 11.8 Å². The first kappa shape index (κ1) is 16.3. The molecule has 0 aromatic rings. The van der Waals surface area contributed by atoms with E-state index in [1.54, 1.807) is 0 Å². The van der Waals surface area contributed by atoms with Gasteiger partial charge in [0.05, 0.1) is 6.61 Å². The molecule has 3 saturated carbocycles. The molecule has 2 nitrogen and oxygen atoms in total. The van der Waals surface area contributed by atoms with Crippen LogP contribution in [0.15, 0.2) is 24.3 Å². The number of carbonyl (C=O) groups excluding carboxylic acids is 1. The first-order chi connectivity index (χ1) is 12.1. The maximum Gasteiger partial charge on any atom is 0.167 e. The Hall–Kier alpha value is -0.890. The summed E-state index contributed by atoms with van der Waals surface area (Å²) in [5.74, 6) is 4.09. The zero-order chi connectivity index (χ0) is 17.2. The molecule has 0 aromatic carbocycles. The summed E-state index contributed by atoms with van der Waals surface area (Å²) in [6.45, 7) is 7.58. The number of fused-ring (bicyclic) bond motifs is 6. The summed E-state index contributed by atoms with van der Waals surface area (Å²) in [6, 6.07) is 0. The second kappa shape index (κ2) is 5.55. The molecule has 1 heterocycles. The van der Waals surface area contributed by atoms with Gasteiger partial charge in [0.2, 0.25) is 0 Å². The zero-order valence-electron chi connectivity index (χ0n) is 15.6. The van der Waals surface area contributed by atoms with Crippen LogP contribution in [0, 0.1) is 35.0 Å². The summed E-state index contributed by atoms with van der Waals surface area (Å²) in [5.41, 5.74) is 1.03. The van der Waals surface area contributed by atoms with Crippen molar-refractivity contribution < 1.29 is 9.53 Å². The number of allylic oxidation sites excluding steroid dienone is 3. The van der Waals surface area contributed by atoms with E-state index in [0.717, 1.165) is 37.0 Å². The Morgan fingerprint density at radius 3 is 2.88 bits per heavy atom. The molecule has 1 saturated heterocycles. The Kier molecular flexibility index (Phi) is 3.62. The molecular formula is C23H32O2. The Balaban J connectivity index is 1.55. The van der Waals surface area contributed by atoms with Gasteiger partial charge in [-0.3, -0.25) is 4.79 Å². The van der Waals surface area contributed by atoms with E-state index in [1.165, 1.54) is 37.7 Å². The summed E-state index contributed by atoms with van der Waals surface area (Å²) in [4.78, 5) is 12.9. The highest BCUT2D eigenvalue weighted by Crippen LogP contribution is 2.69. The van der Waals surface area contributed by atoms with Gasteiger partial charge in [-0.05, 0) is 81.0 Å². The van der Waals surface area contributed by atoms with Crippen LogP contribution in [0.4, 0.5) is 0 Å². The second-order valence-corrected chi connectivity index (χ2v) is 9.44. The number of ketones is 1. The minimum absolute atomic E-state index is 0.0379. The van der Waals surface area contributed by atoms with Crippen LogP contribution >= 0.6 is 0 Å². The van der Waals surface area contributed by atoms with Gasteiger partial charge < -0.3 is 4.74 Å². The predicted molar refractivity (Wildman–Crippen MR) is 99.1 cm³/mol. The lowest BCUT2D eigenvalue weighted by atomic mass is 9.47. The lowest BCUT2D eigenvalue weighted by Gasteiger charge is -2.58. The molecule has 4 aliphatic carbocycles. The molecule has 25 heavy (non-hydrogen) atoms. The number of rotatable bonds is 1. The summed E-state index contributed by atoms with van der Waals surface area (Å²) >= 11 is 0. The molecule has 136 valence electrons. The number of hydrogen-bond donors (Lipinski definition) is 0. The van der Waals surface area contributed by atoms with Crippen LogP contribution in [0.5, 0.6) is 0 Å². The molecule has 0 bridgehead atoms. The number of ether oxygens (including phenoxy) is 1. The fraction of sp³-hybridized carbons (Fsp3) is 0.783. The van der Waals surface area contributed by atoms with Crippen molar-refractivity contribution in [2.45, 2.75) is 70.3 Å². The first-order valence-electron chi connectivity index (χ1n) is 10.6. The largest absolute Gasteiger partial charge is 0.366 e. The van der Waals surface area contributed by atoms with E-state index < -0.39 is 5.60 Å². The Morgan fingerprint density at radius 2 is 2.12 bits per heavy atom. The molecule has 7 atom stereocenters. The van der Waals surface area contributed by atoms with E-state index in [1.807, 2.05) is 0 Å². The third-order valence-electron chi connectivity index (χ3n) is 8.97. The van der Waals surface area contributed by atoms with E-state index in [-0.39, 0.29) is 5.41 Å². The smallest absolute Gasteiger partial charge is 0.167 e. The molecule has 0 radical (unpaired) electrons. The van der Waals surface area contributed by atoms with Crippen molar-refractivity contribution in [1.29, 1.82) is 0 Å². The van der Waals surface area contributed by atoms with E-state index >= 15 is 0 Å². The molecule has 1 aliphatic heterocycles. The van der Waals surface area contributed by atoms with Crippen LogP contribution in [-0.2, 0) is 9.53 Å². The molecule has 0 amide bonds. The topological polar surface area (TPSA) is 26.3 Å². The standard InChI is InChI=1S/C23H32O2/c1-3-22-14-15(2)21-17-7-5-4-6-16(17)8-9-18(21)19(22)10-12-23(22)20(24)11-13-25-23/h4,6,16-19,21H,2-3,5,7-14H2,1H3/t16-,17+,18+,19+,21-,22+,23+/m1/s1. The summed E-state index contributed by atoms with van der Waals surface area (Å²) < 4.78 is 6.31. The third kappa shape index (κ3) is 1.93. The fourth-order valence-corrected chi connectivity index (χ4v) is 8.12. The van der Waals surface area contributed by atoms with Crippen molar-refractivity contribution in [3.8, 4) is 0 Å². The highest BCUT2D eigenvalue weighted by atomic mass is 16.5. The van der Waals surface area contributed by atoms with Crippen molar-refractivity contribution in [3.05, 3.63) is 24.3 Å². The normalized spacial score (nSPS) is 51.5. The van der Waals surface area contributed by atoms with Gasteiger partial charge in [0.25, 0.3) is 0 Å². The van der Waals surface area contributed by atoms with E-state index in [0.29, 0.717) is 30.6 Å². The maximum atomic E-state index is 12.9. The van der Waals surface area contributed by atoms with Crippen LogP contribution in [0.3, 0.4) is 0 Å². The molecule has 5 rings (SSSR count). The quantitative estimate of drug-likeness (QED) is 0.622. The fourth-order valence-electron chi connectivity index (χ4n) is 8.12. The van der Waals surface area contributed by atoms with E-state index in [2.05, 4.69) is 25.7 Å². The third-order valence-corrected chi connectivity index (χ3v) is 8.97. The molecule has 2 heteroatoms. The van der Waals surface area contributed by atoms with Crippen LogP contribution in [0.2, 0.25) is 0 Å². The molecule has 4 fully saturated rings. The minimum atomic E-state index is -0.469. The zero-order valence-corrected chi connectivity index (χ0v) is 15.6. The van der Waals surface area contributed by atoms with Crippen LogP contribution in [0.1, 0.15) is 64.7 Å². The molecule has 0 unspecified atom stereocenters. The maximum absolute atomic E-state index is 12.9. The van der Waals surface area contributed by atoms with Crippen LogP contribution in [0.25, 0.3) is 0 Å². The number of carbonyl (C=O) groups is 1. The lowest BCUT2D eigenvalue weighted by Crippen LogP contribution is -2.57. The van der Waals surface area contributed by atoms with Crippen molar-refractivity contribution in [2.24, 2.45) is 35.0 Å². The summed E-state index contributed by atoms with van der Waals surface area (Å²) in [5, 5.41) is 0. The van der Waals surface area contributed by atoms with Crippen molar-refractivity contribution in [1.82, 2.24) is 0 Å². The SMILES string of the molecule is C=C1C[C@@]2(CC)[C@@H](CC[C@@]23OCCC3=O)[C@@H]2CC[C@H]3C=CCC[C@@H]3[C@@H]12. The Bertz CT molecular complexity index is 634. The van der Waals surface area contributed by atoms with Gasteiger partial charge in [-0.15, -0.1) is 0 Å². The number of Topliss-reactive ketones (excluding diaryl/α,β-unsaturated/α-hetero) is 1. The Morgan fingerprint density at radius 1 is 1.24 bits per heavy atom. The first-order valence-corrected chi connectivity index (χ1v) is 10.6. The van der Waals surface area contributed by atoms with Gasteiger partial charge in [0.1, 0.15) is 5.60 Å². The van der Waals surface area contributed by atoms with E-state index in [4.69, 9.17) is 4.74 Å². The summed E-state index contributed by atoms with van der Waals surface area (Å²) in [7, 11) is 0. The van der Waals surface area contributed by atoms with Gasteiger partial charge in [-0.25, -0.2) is 0 Å². The average molecular weight is 341 g/mol. The molecule has 0 N–H and O–H groups in total. The highest BCUT2D eigenvalue weighted by Gasteiger charge is 2.69. The molecular weight excluding hydrogens is 308 g/mol. The number of hydrogen-bond acceptors (Lipinski definition) is 2. The van der Waals surface area contributed by atoms with Gasteiger partial charge in [-0.1, -0.05) is 31.2 Å². The average Bonchev–Trinajstić information content (AvgIpc) is 3.17. The second-order valence-electron chi connectivity index (χ2n) is 9.44. The van der Waals surface area contributed by atoms with Gasteiger partial charge in [0.15, 0.2) is 5.78 Å². The van der Waals surface area contributed by atoms with Gasteiger partial charge in [-0.2, -0.15) is 0 Å². The van der Waals surface area contributed by atoms with Gasteiger partial charge >= 0.3 is 0 Å². The predicted octanol–water partition coefficient (Wildman–Crippen LogP) is 5.09. The van der Waals surface area contributed by atoms with Crippen LogP contribution < -0.4 is 0 Å². The van der Waals surface area contributed by atoms with Crippen molar-refractivity contribution >= 4 is 5.78 Å². The van der Waals surface area contributed by atoms with Crippen molar-refractivity contribution in [3.63, 3.8) is 0 Å². The van der Waals surface area contributed by atoms with Crippen LogP contribution in [-0.4, -0.2) is 18.0 Å². The minimum Gasteiger partial charge on any atom is -0.366 e.